The van der Waals surface area contributed by atoms with Gasteiger partial charge in [0.1, 0.15) is 4.88 Å². The van der Waals surface area contributed by atoms with E-state index in [9.17, 15) is 19.5 Å². The van der Waals surface area contributed by atoms with Crippen LogP contribution in [0.1, 0.15) is 30.4 Å². The summed E-state index contributed by atoms with van der Waals surface area (Å²) in [6.07, 6.45) is 5.98. The van der Waals surface area contributed by atoms with Gasteiger partial charge < -0.3 is 10.0 Å². The number of Topliss-reactive ketones (excluding diaryl/α,β-unsaturated/α-hetero) is 1. The minimum atomic E-state index is -1.04. The van der Waals surface area contributed by atoms with Crippen molar-refractivity contribution in [3.8, 4) is 0 Å². The van der Waals surface area contributed by atoms with Gasteiger partial charge in [-0.1, -0.05) is 51.8 Å². The summed E-state index contributed by atoms with van der Waals surface area (Å²) in [4.78, 5) is 40.4. The molecule has 0 radical (unpaired) electrons. The summed E-state index contributed by atoms with van der Waals surface area (Å²) < 4.78 is 0.626. The lowest BCUT2D eigenvalue weighted by atomic mass is 9.95. The highest BCUT2D eigenvalue weighted by atomic mass is 79.9. The maximum absolute atomic E-state index is 13.3. The Bertz CT molecular complexity index is 1430. The van der Waals surface area contributed by atoms with Crippen molar-refractivity contribution >= 4 is 84.1 Å². The molecule has 1 aliphatic carbocycles. The van der Waals surface area contributed by atoms with Crippen LogP contribution in [-0.2, 0) is 0 Å². The van der Waals surface area contributed by atoms with Gasteiger partial charge in [0.15, 0.2) is 5.78 Å². The number of hydrogen-bond donors (Lipinski definition) is 1. The molecule has 0 spiro atoms. The summed E-state index contributed by atoms with van der Waals surface area (Å²) in [7, 11) is 1.63. The summed E-state index contributed by atoms with van der Waals surface area (Å²) in [5, 5.41) is 10.1. The molecule has 1 aromatic heterocycles. The minimum absolute atomic E-state index is 0.00272. The quantitative estimate of drug-likeness (QED) is 0.294. The van der Waals surface area contributed by atoms with Crippen molar-refractivity contribution in [3.05, 3.63) is 81.2 Å². The molecule has 0 saturated carbocycles. The van der Waals surface area contributed by atoms with Gasteiger partial charge in [-0.15, -0.1) is 23.1 Å². The topological polar surface area (TPSA) is 74.7 Å². The first kappa shape index (κ1) is 22.4. The Morgan fingerprint density at radius 1 is 1.15 bits per heavy atom. The lowest BCUT2D eigenvalue weighted by Crippen LogP contribution is -2.27. The second kappa shape index (κ2) is 8.43. The summed E-state index contributed by atoms with van der Waals surface area (Å²) in [5.41, 5.74) is 2.02. The number of thioether (sulfide) groups is 1. The second-order valence-corrected chi connectivity index (χ2v) is 11.3. The molecule has 2 aromatic carbocycles. The molecule has 2 atom stereocenters. The highest BCUT2D eigenvalue weighted by molar-refractivity contribution is 9.09. The van der Waals surface area contributed by atoms with Gasteiger partial charge in [0.25, 0.3) is 5.91 Å². The van der Waals surface area contributed by atoms with Crippen molar-refractivity contribution in [3.63, 3.8) is 0 Å². The van der Waals surface area contributed by atoms with E-state index in [1.807, 2.05) is 30.4 Å². The Kier molecular flexibility index (Phi) is 5.73. The number of halogens is 2. The van der Waals surface area contributed by atoms with E-state index in [2.05, 4.69) is 15.9 Å². The third-order valence-corrected chi connectivity index (χ3v) is 9.09. The van der Waals surface area contributed by atoms with Crippen molar-refractivity contribution in [2.24, 2.45) is 0 Å². The zero-order valence-corrected chi connectivity index (χ0v) is 21.0. The fourth-order valence-electron chi connectivity index (χ4n) is 3.84. The monoisotopic (exact) mass is 559 g/mol. The molecule has 33 heavy (non-hydrogen) atoms. The van der Waals surface area contributed by atoms with Crippen LogP contribution in [-0.4, -0.2) is 39.9 Å². The standard InChI is InChI=1S/C24H15BrClNO4S2/c1-27(23(29)22-20(26)14-5-2-11(24(30)31)8-19(14)33-22)13-4-7-18-16(10-13)21(28)15-9-12(25)3-6-17(15)32-18/h2-10,12,17H,1H3,(H,30,31). The number of carboxylic acids is 1. The SMILES string of the molecule is CN(C(=O)c1sc2cc(C(=O)O)ccc2c1Cl)c1ccc2c(c1)C(=O)C1=CC(Br)C=CC1S2. The number of carboxylic acid groups (broad SMARTS) is 1. The molecular weight excluding hydrogens is 546 g/mol. The van der Waals surface area contributed by atoms with Crippen LogP contribution in [0.4, 0.5) is 5.69 Å². The number of alkyl halides is 1. The number of benzene rings is 2. The first-order valence-corrected chi connectivity index (χ1v) is 12.9. The highest BCUT2D eigenvalue weighted by Gasteiger charge is 2.32. The van der Waals surface area contributed by atoms with Gasteiger partial charge in [0, 0.05) is 38.9 Å². The van der Waals surface area contributed by atoms with Crippen molar-refractivity contribution in [2.75, 3.05) is 11.9 Å². The van der Waals surface area contributed by atoms with Crippen LogP contribution in [0.5, 0.6) is 0 Å². The predicted molar refractivity (Wildman–Crippen MR) is 137 cm³/mol. The first-order valence-electron chi connectivity index (χ1n) is 9.87. The molecule has 1 aliphatic heterocycles. The van der Waals surface area contributed by atoms with Gasteiger partial charge in [-0.25, -0.2) is 4.79 Å². The third kappa shape index (κ3) is 3.85. The van der Waals surface area contributed by atoms with Crippen LogP contribution in [0, 0.1) is 0 Å². The van der Waals surface area contributed by atoms with E-state index >= 15 is 0 Å². The van der Waals surface area contributed by atoms with Gasteiger partial charge in [0.2, 0.25) is 0 Å². The summed E-state index contributed by atoms with van der Waals surface area (Å²) >= 11 is 12.8. The number of thiophene rings is 1. The highest BCUT2D eigenvalue weighted by Crippen LogP contribution is 2.43. The molecule has 1 amide bonds. The van der Waals surface area contributed by atoms with Crippen molar-refractivity contribution in [1.82, 2.24) is 0 Å². The van der Waals surface area contributed by atoms with Crippen LogP contribution in [0.15, 0.2) is 65.1 Å². The predicted octanol–water partition coefficient (Wildman–Crippen LogP) is 6.45. The van der Waals surface area contributed by atoms with E-state index in [0.717, 1.165) is 21.8 Å². The molecule has 2 aliphatic rings. The number of rotatable bonds is 3. The summed E-state index contributed by atoms with van der Waals surface area (Å²) in [6.45, 7) is 0. The van der Waals surface area contributed by atoms with Gasteiger partial charge in [0.05, 0.1) is 20.7 Å². The fourth-order valence-corrected chi connectivity index (χ4v) is 7.01. The van der Waals surface area contributed by atoms with E-state index in [4.69, 9.17) is 11.6 Å². The smallest absolute Gasteiger partial charge is 0.335 e. The lowest BCUT2D eigenvalue weighted by molar-refractivity contribution is 0.0696. The van der Waals surface area contributed by atoms with Crippen LogP contribution < -0.4 is 4.90 Å². The van der Waals surface area contributed by atoms with Crippen LogP contribution in [0.3, 0.4) is 0 Å². The van der Waals surface area contributed by atoms with Crippen LogP contribution in [0.2, 0.25) is 5.02 Å². The number of carbonyl (C=O) groups excluding carboxylic acids is 2. The van der Waals surface area contributed by atoms with Gasteiger partial charge in [-0.3, -0.25) is 9.59 Å². The van der Waals surface area contributed by atoms with Crippen molar-refractivity contribution in [1.29, 1.82) is 0 Å². The third-order valence-electron chi connectivity index (χ3n) is 5.60. The van der Waals surface area contributed by atoms with Crippen molar-refractivity contribution in [2.45, 2.75) is 15.0 Å². The summed E-state index contributed by atoms with van der Waals surface area (Å²) in [5.74, 6) is -1.40. The first-order chi connectivity index (χ1) is 15.7. The molecule has 0 bridgehead atoms. The van der Waals surface area contributed by atoms with E-state index in [1.54, 1.807) is 30.9 Å². The van der Waals surface area contributed by atoms with Crippen molar-refractivity contribution < 1.29 is 19.5 Å². The Morgan fingerprint density at radius 2 is 1.94 bits per heavy atom. The Labute approximate surface area is 210 Å². The zero-order chi connectivity index (χ0) is 23.4. The maximum Gasteiger partial charge on any atom is 0.335 e. The number of hydrogen-bond acceptors (Lipinski definition) is 5. The van der Waals surface area contributed by atoms with Gasteiger partial charge in [-0.05, 0) is 30.3 Å². The molecule has 9 heteroatoms. The van der Waals surface area contributed by atoms with Gasteiger partial charge in [-0.2, -0.15) is 0 Å². The molecule has 5 nitrogen and oxygen atoms in total. The van der Waals surface area contributed by atoms with Crippen LogP contribution >= 0.6 is 50.6 Å². The molecule has 0 saturated heterocycles. The number of amides is 1. The number of fused-ring (bicyclic) bond motifs is 3. The normalized spacial score (nSPS) is 19.1. The van der Waals surface area contributed by atoms with E-state index in [-0.39, 0.29) is 27.3 Å². The molecule has 166 valence electrons. The van der Waals surface area contributed by atoms with E-state index in [1.165, 1.54) is 17.0 Å². The number of carbonyl (C=O) groups is 3. The fraction of sp³-hybridized carbons (Fsp3) is 0.125. The number of allylic oxidation sites excluding steroid dienone is 2. The number of ketones is 1. The van der Waals surface area contributed by atoms with Crippen LogP contribution in [0.25, 0.3) is 10.1 Å². The lowest BCUT2D eigenvalue weighted by Gasteiger charge is -2.28. The molecule has 2 heterocycles. The van der Waals surface area contributed by atoms with E-state index in [0.29, 0.717) is 31.2 Å². The molecule has 3 aromatic rings. The minimum Gasteiger partial charge on any atom is -0.478 e. The summed E-state index contributed by atoms with van der Waals surface area (Å²) in [6, 6.07) is 10.0. The molecule has 0 fully saturated rings. The molecular formula is C24H15BrClNO4S2. The number of aromatic carboxylic acids is 1. The Morgan fingerprint density at radius 3 is 2.70 bits per heavy atom. The Hall–Kier alpha value is -2.39. The Balaban J connectivity index is 1.49. The van der Waals surface area contributed by atoms with E-state index < -0.39 is 5.97 Å². The maximum atomic E-state index is 13.3. The largest absolute Gasteiger partial charge is 0.478 e. The zero-order valence-electron chi connectivity index (χ0n) is 17.0. The number of nitrogens with zero attached hydrogens (tertiary/aromatic N) is 1. The average molecular weight is 561 g/mol. The number of anilines is 1. The molecule has 1 N–H and O–H groups in total. The molecule has 2 unspecified atom stereocenters. The second-order valence-electron chi connectivity index (χ2n) is 7.62. The molecule has 5 rings (SSSR count). The van der Waals surface area contributed by atoms with Gasteiger partial charge >= 0.3 is 5.97 Å². The average Bonchev–Trinajstić information content (AvgIpc) is 3.14.